The summed E-state index contributed by atoms with van der Waals surface area (Å²) in [5.74, 6) is -5.03. The maximum Gasteiger partial charge on any atom is 0.341 e. The van der Waals surface area contributed by atoms with Crippen molar-refractivity contribution in [3.8, 4) is 0 Å². The van der Waals surface area contributed by atoms with E-state index in [1.165, 1.54) is 6.92 Å². The molecule has 3 fully saturated rings. The molecule has 0 radical (unpaired) electrons. The van der Waals surface area contributed by atoms with Gasteiger partial charge in [-0.15, -0.1) is 0 Å². The molecule has 1 aliphatic carbocycles. The number of rotatable bonds is 9. The fourth-order valence-electron chi connectivity index (χ4n) is 6.46. The first-order chi connectivity index (χ1) is 19.7. The van der Waals surface area contributed by atoms with Gasteiger partial charge in [0, 0.05) is 47.5 Å². The molecule has 1 amide bonds. The number of nitrogens with one attached hydrogen (secondary N) is 1. The highest BCUT2D eigenvalue weighted by Crippen LogP contribution is 2.51. The zero-order chi connectivity index (χ0) is 31.2. The fraction of sp³-hybridized carbons (Fsp3) is 0.786. The van der Waals surface area contributed by atoms with Crippen molar-refractivity contribution in [2.45, 2.75) is 121 Å². The zero-order valence-corrected chi connectivity index (χ0v) is 24.7. The number of carbonyl (C=O) groups is 6. The van der Waals surface area contributed by atoms with E-state index >= 15 is 0 Å². The Hall–Kier alpha value is -3.26. The lowest BCUT2D eigenvalue weighted by Gasteiger charge is -2.58. The van der Waals surface area contributed by atoms with Crippen LogP contribution in [0.4, 0.5) is 0 Å². The van der Waals surface area contributed by atoms with Gasteiger partial charge in [-0.3, -0.25) is 24.0 Å². The highest BCUT2D eigenvalue weighted by molar-refractivity contribution is 5.83. The van der Waals surface area contributed by atoms with Gasteiger partial charge < -0.3 is 38.8 Å². The molecule has 14 nitrogen and oxygen atoms in total. The summed E-state index contributed by atoms with van der Waals surface area (Å²) in [7, 11) is 0. The smallest absolute Gasteiger partial charge is 0.341 e. The summed E-state index contributed by atoms with van der Waals surface area (Å²) in [4.78, 5) is 74.6. The van der Waals surface area contributed by atoms with Crippen molar-refractivity contribution < 1.29 is 62.3 Å². The van der Waals surface area contributed by atoms with Crippen LogP contribution in [-0.4, -0.2) is 95.7 Å². The Morgan fingerprint density at radius 3 is 2.14 bits per heavy atom. The number of amides is 1. The van der Waals surface area contributed by atoms with E-state index in [1.54, 1.807) is 0 Å². The molecule has 0 aromatic carbocycles. The summed E-state index contributed by atoms with van der Waals surface area (Å²) in [6, 6.07) is -1.26. The van der Waals surface area contributed by atoms with Gasteiger partial charge >= 0.3 is 29.8 Å². The van der Waals surface area contributed by atoms with E-state index in [0.717, 1.165) is 47.0 Å². The van der Waals surface area contributed by atoms with Gasteiger partial charge in [-0.25, -0.2) is 4.79 Å². The largest absolute Gasteiger partial charge is 0.463 e. The quantitative estimate of drug-likeness (QED) is 0.277. The van der Waals surface area contributed by atoms with Gasteiger partial charge in [-0.05, 0) is 18.8 Å². The zero-order valence-electron chi connectivity index (χ0n) is 24.7. The second kappa shape index (κ2) is 13.8. The number of aliphatic hydroxyl groups is 1. The average molecular weight is 600 g/mol. The molecule has 2 N–H and O–H groups in total. The molecule has 0 aromatic rings. The SMILES string of the molecule is CC(=O)N[C@H]1[C@H]([C@H](OC(C)=O)[C@@H](COC(C)=O)OC(C)=O)O[C@]2(C[C@@H]1OC(C)=O)C(=O)OCCC2(O)C1CCCCC1. The van der Waals surface area contributed by atoms with E-state index in [2.05, 4.69) is 5.32 Å². The van der Waals surface area contributed by atoms with Gasteiger partial charge in [-0.2, -0.15) is 0 Å². The highest BCUT2D eigenvalue weighted by atomic mass is 16.6. The first-order valence-corrected chi connectivity index (χ1v) is 14.2. The summed E-state index contributed by atoms with van der Waals surface area (Å²) in [6.45, 7) is 4.96. The van der Waals surface area contributed by atoms with Crippen LogP contribution in [0.3, 0.4) is 0 Å². The van der Waals surface area contributed by atoms with Gasteiger partial charge in [0.15, 0.2) is 17.8 Å². The van der Waals surface area contributed by atoms with E-state index in [0.29, 0.717) is 12.8 Å². The lowest BCUT2D eigenvalue weighted by Crippen LogP contribution is -2.77. The molecule has 42 heavy (non-hydrogen) atoms. The minimum atomic E-state index is -2.12. The molecule has 1 saturated carbocycles. The Labute approximate surface area is 244 Å². The molecule has 2 aliphatic heterocycles. The van der Waals surface area contributed by atoms with E-state index in [1.807, 2.05) is 0 Å². The maximum absolute atomic E-state index is 13.7. The number of carbonyl (C=O) groups excluding carboxylic acids is 6. The van der Waals surface area contributed by atoms with Gasteiger partial charge in [-0.1, -0.05) is 19.3 Å². The predicted octanol–water partition coefficient (Wildman–Crippen LogP) is 0.635. The Kier molecular flexibility index (Phi) is 10.9. The van der Waals surface area contributed by atoms with Crippen LogP contribution in [0.5, 0.6) is 0 Å². The number of ether oxygens (including phenoxy) is 6. The van der Waals surface area contributed by atoms with E-state index in [4.69, 9.17) is 28.4 Å². The Bertz CT molecular complexity index is 1060. The van der Waals surface area contributed by atoms with Crippen LogP contribution in [0, 0.1) is 5.92 Å². The summed E-state index contributed by atoms with van der Waals surface area (Å²) in [6.07, 6.45) is -2.49. The van der Waals surface area contributed by atoms with Gasteiger partial charge in [0.25, 0.3) is 0 Å². The van der Waals surface area contributed by atoms with Crippen LogP contribution >= 0.6 is 0 Å². The lowest BCUT2D eigenvalue weighted by molar-refractivity contribution is -0.305. The third-order valence-corrected chi connectivity index (χ3v) is 8.05. The number of cyclic esters (lactones) is 1. The Balaban J connectivity index is 2.23. The average Bonchev–Trinajstić information content (AvgIpc) is 2.89. The first-order valence-electron chi connectivity index (χ1n) is 14.2. The molecular formula is C28H41NO13. The topological polar surface area (TPSA) is 190 Å². The number of esters is 5. The van der Waals surface area contributed by atoms with Crippen molar-refractivity contribution in [2.24, 2.45) is 5.92 Å². The van der Waals surface area contributed by atoms with Crippen molar-refractivity contribution in [1.29, 1.82) is 0 Å². The van der Waals surface area contributed by atoms with E-state index < -0.39 is 84.0 Å². The molecule has 3 rings (SSSR count). The maximum atomic E-state index is 13.7. The molecule has 1 spiro atoms. The van der Waals surface area contributed by atoms with Crippen LogP contribution in [0.25, 0.3) is 0 Å². The van der Waals surface area contributed by atoms with Gasteiger partial charge in [0.2, 0.25) is 5.91 Å². The standard InChI is InChI=1S/C28H41NO13/c1-15(30)29-23-21(39-17(3)32)13-28(26(35)37-12-11-27(28,36)20-9-7-6-8-10-20)42-25(23)24(41-19(5)34)22(40-18(4)33)14-38-16(2)31/h20-25,36H,6-14H2,1-5H3,(H,29,30)/t21-,22+,23+,24+,25+,27?,28+/m0/s1. The predicted molar refractivity (Wildman–Crippen MR) is 140 cm³/mol. The summed E-state index contributed by atoms with van der Waals surface area (Å²) >= 11 is 0. The molecule has 0 aromatic heterocycles. The number of hydrogen-bond donors (Lipinski definition) is 2. The third kappa shape index (κ3) is 7.38. The van der Waals surface area contributed by atoms with Crippen LogP contribution in [0.2, 0.25) is 0 Å². The molecule has 2 saturated heterocycles. The summed E-state index contributed by atoms with van der Waals surface area (Å²) in [5.41, 5.74) is -3.90. The first kappa shape index (κ1) is 33.2. The molecular weight excluding hydrogens is 558 g/mol. The molecule has 1 unspecified atom stereocenters. The second-order valence-electron chi connectivity index (χ2n) is 11.2. The van der Waals surface area contributed by atoms with Crippen molar-refractivity contribution >= 4 is 35.8 Å². The molecule has 236 valence electrons. The van der Waals surface area contributed by atoms with Crippen molar-refractivity contribution in [3.05, 3.63) is 0 Å². The summed E-state index contributed by atoms with van der Waals surface area (Å²) < 4.78 is 33.6. The monoisotopic (exact) mass is 599 g/mol. The fourth-order valence-corrected chi connectivity index (χ4v) is 6.46. The van der Waals surface area contributed by atoms with E-state index in [9.17, 15) is 33.9 Å². The van der Waals surface area contributed by atoms with Crippen molar-refractivity contribution in [1.82, 2.24) is 5.32 Å². The molecule has 7 atom stereocenters. The lowest BCUT2D eigenvalue weighted by atomic mass is 9.62. The Morgan fingerprint density at radius 2 is 1.60 bits per heavy atom. The molecule has 0 bridgehead atoms. The van der Waals surface area contributed by atoms with Crippen molar-refractivity contribution in [3.63, 3.8) is 0 Å². The van der Waals surface area contributed by atoms with Crippen LogP contribution in [-0.2, 0) is 57.2 Å². The minimum Gasteiger partial charge on any atom is -0.463 e. The Morgan fingerprint density at radius 1 is 0.952 bits per heavy atom. The highest BCUT2D eigenvalue weighted by Gasteiger charge is 2.69. The van der Waals surface area contributed by atoms with Crippen LogP contribution in [0.15, 0.2) is 0 Å². The van der Waals surface area contributed by atoms with Gasteiger partial charge in [0.1, 0.15) is 24.4 Å². The van der Waals surface area contributed by atoms with Crippen LogP contribution in [0.1, 0.15) is 79.6 Å². The normalized spacial score (nSPS) is 31.2. The van der Waals surface area contributed by atoms with E-state index in [-0.39, 0.29) is 25.4 Å². The number of hydrogen-bond acceptors (Lipinski definition) is 13. The molecule has 3 aliphatic rings. The van der Waals surface area contributed by atoms with Crippen molar-refractivity contribution in [2.75, 3.05) is 13.2 Å². The van der Waals surface area contributed by atoms with Crippen LogP contribution < -0.4 is 5.32 Å². The minimum absolute atomic E-state index is 0.0206. The van der Waals surface area contributed by atoms with Gasteiger partial charge in [0.05, 0.1) is 12.6 Å². The summed E-state index contributed by atoms with van der Waals surface area (Å²) in [5, 5.41) is 15.0. The third-order valence-electron chi connectivity index (χ3n) is 8.05. The second-order valence-corrected chi connectivity index (χ2v) is 11.2. The molecule has 14 heteroatoms. The molecule has 2 heterocycles.